The van der Waals surface area contributed by atoms with Crippen LogP contribution in [0.15, 0.2) is 23.1 Å². The van der Waals surface area contributed by atoms with Crippen LogP contribution in [0.25, 0.3) is 0 Å². The van der Waals surface area contributed by atoms with Crippen molar-refractivity contribution in [2.75, 3.05) is 7.11 Å². The van der Waals surface area contributed by atoms with Gasteiger partial charge in [0.1, 0.15) is 6.04 Å². The summed E-state index contributed by atoms with van der Waals surface area (Å²) in [4.78, 5) is 10.8. The van der Waals surface area contributed by atoms with E-state index >= 15 is 0 Å². The summed E-state index contributed by atoms with van der Waals surface area (Å²) in [7, 11) is -3.56. The van der Waals surface area contributed by atoms with Crippen LogP contribution in [0, 0.1) is 5.92 Å². The molecule has 0 aromatic heterocycles. The molecule has 10 heteroatoms. The average Bonchev–Trinajstić information content (AvgIpc) is 2.50. The summed E-state index contributed by atoms with van der Waals surface area (Å²) >= 11 is 5.54. The summed E-state index contributed by atoms with van der Waals surface area (Å²) in [6, 6.07) is 0.994. The number of hydrogen-bond donors (Lipinski definition) is 1. The number of halogens is 4. The second-order valence-electron chi connectivity index (χ2n) is 5.15. The maximum Gasteiger partial charge on any atom is 0.417 e. The molecule has 0 aliphatic heterocycles. The third-order valence-electron chi connectivity index (χ3n) is 3.49. The Morgan fingerprint density at radius 1 is 1.38 bits per heavy atom. The zero-order valence-corrected chi connectivity index (χ0v) is 14.7. The average molecular weight is 388 g/mol. The van der Waals surface area contributed by atoms with E-state index in [9.17, 15) is 26.4 Å². The molecule has 0 unspecified atom stereocenters. The quantitative estimate of drug-likeness (QED) is 0.761. The first-order chi connectivity index (χ1) is 10.9. The molecule has 0 heterocycles. The van der Waals surface area contributed by atoms with Gasteiger partial charge in [-0.1, -0.05) is 31.9 Å². The number of methoxy groups -OCH3 is 1. The number of sulfonamides is 1. The summed E-state index contributed by atoms with van der Waals surface area (Å²) in [6.45, 7) is 3.29. The van der Waals surface area contributed by atoms with Crippen LogP contribution in [0.4, 0.5) is 13.2 Å². The minimum atomic E-state index is -4.92. The summed E-state index contributed by atoms with van der Waals surface area (Å²) in [5, 5.41) is -0.257. The number of nitrogens with one attached hydrogen (secondary N) is 1. The van der Waals surface area contributed by atoms with Gasteiger partial charge < -0.3 is 4.74 Å². The normalized spacial score (nSPS) is 15.0. The van der Waals surface area contributed by atoms with Crippen molar-refractivity contribution in [3.05, 3.63) is 28.8 Å². The molecular formula is C14H17ClF3NO4S. The van der Waals surface area contributed by atoms with Crippen molar-refractivity contribution >= 4 is 27.6 Å². The molecule has 1 aromatic carbocycles. The van der Waals surface area contributed by atoms with Gasteiger partial charge in [0.2, 0.25) is 10.0 Å². The fourth-order valence-corrected chi connectivity index (χ4v) is 3.62. The molecule has 5 nitrogen and oxygen atoms in total. The predicted molar refractivity (Wildman–Crippen MR) is 82.0 cm³/mol. The molecule has 1 N–H and O–H groups in total. The third-order valence-corrected chi connectivity index (χ3v) is 5.22. The zero-order valence-electron chi connectivity index (χ0n) is 13.1. The van der Waals surface area contributed by atoms with Crippen LogP contribution in [0.1, 0.15) is 25.8 Å². The van der Waals surface area contributed by atoms with Gasteiger partial charge in [0.05, 0.1) is 17.6 Å². The Morgan fingerprint density at radius 3 is 2.42 bits per heavy atom. The van der Waals surface area contributed by atoms with Crippen LogP contribution in [-0.2, 0) is 25.7 Å². The number of carbonyl (C=O) groups excluding carboxylic acids is 1. The van der Waals surface area contributed by atoms with E-state index in [1.165, 1.54) is 0 Å². The second-order valence-corrected chi connectivity index (χ2v) is 7.26. The minimum absolute atomic E-state index is 0.257. The maximum absolute atomic E-state index is 13.1. The predicted octanol–water partition coefficient (Wildman–Crippen LogP) is 3.22. The van der Waals surface area contributed by atoms with Crippen molar-refractivity contribution in [3.63, 3.8) is 0 Å². The molecule has 0 spiro atoms. The van der Waals surface area contributed by atoms with Gasteiger partial charge in [0, 0.05) is 5.02 Å². The van der Waals surface area contributed by atoms with Crippen molar-refractivity contribution in [2.45, 2.75) is 37.4 Å². The fraction of sp³-hybridized carbons (Fsp3) is 0.500. The summed E-state index contributed by atoms with van der Waals surface area (Å²) in [6.07, 6.45) is -4.51. The number of ether oxygens (including phenoxy) is 1. The van der Waals surface area contributed by atoms with Crippen molar-refractivity contribution in [1.29, 1.82) is 0 Å². The van der Waals surface area contributed by atoms with Crippen LogP contribution in [-0.4, -0.2) is 27.5 Å². The van der Waals surface area contributed by atoms with Gasteiger partial charge in [-0.2, -0.15) is 17.9 Å². The van der Waals surface area contributed by atoms with Crippen LogP contribution in [0.5, 0.6) is 0 Å². The standard InChI is InChI=1S/C14H17ClF3NO4S/c1-4-8(2)12(13(20)23-3)19-24(21,22)11-6-5-9(15)7-10(11)14(16,17)18/h5-8,12,19H,4H2,1-3H3/t8-,12-/m1/s1. The monoisotopic (exact) mass is 387 g/mol. The molecule has 1 aromatic rings. The van der Waals surface area contributed by atoms with E-state index in [1.54, 1.807) is 13.8 Å². The molecule has 136 valence electrons. The van der Waals surface area contributed by atoms with Crippen LogP contribution in [0.3, 0.4) is 0 Å². The highest BCUT2D eigenvalue weighted by molar-refractivity contribution is 7.89. The Morgan fingerprint density at radius 2 is 1.96 bits per heavy atom. The highest BCUT2D eigenvalue weighted by atomic mass is 35.5. The van der Waals surface area contributed by atoms with Gasteiger partial charge in [0.25, 0.3) is 0 Å². The molecule has 2 atom stereocenters. The van der Waals surface area contributed by atoms with Crippen molar-refractivity contribution in [3.8, 4) is 0 Å². The number of alkyl halides is 3. The first-order valence-corrected chi connectivity index (χ1v) is 8.77. The molecule has 0 aliphatic carbocycles. The van der Waals surface area contributed by atoms with E-state index in [-0.39, 0.29) is 5.02 Å². The Kier molecular flexibility index (Phi) is 6.66. The molecule has 1 rings (SSSR count). The maximum atomic E-state index is 13.1. The third kappa shape index (κ3) is 4.84. The van der Waals surface area contributed by atoms with Crippen molar-refractivity contribution in [2.24, 2.45) is 5.92 Å². The molecule has 24 heavy (non-hydrogen) atoms. The topological polar surface area (TPSA) is 72.5 Å². The summed E-state index contributed by atoms with van der Waals surface area (Å²) < 4.78 is 70.6. The van der Waals surface area contributed by atoms with Gasteiger partial charge in [-0.25, -0.2) is 8.42 Å². The number of esters is 1. The van der Waals surface area contributed by atoms with E-state index in [0.717, 1.165) is 19.2 Å². The van der Waals surface area contributed by atoms with Gasteiger partial charge >= 0.3 is 12.1 Å². The Balaban J connectivity index is 3.37. The Labute approximate surface area is 143 Å². The molecule has 0 saturated carbocycles. The smallest absolute Gasteiger partial charge is 0.417 e. The van der Waals surface area contributed by atoms with Crippen LogP contribution < -0.4 is 4.72 Å². The van der Waals surface area contributed by atoms with Crippen molar-refractivity contribution in [1.82, 2.24) is 4.72 Å². The van der Waals surface area contributed by atoms with E-state index in [0.29, 0.717) is 12.5 Å². The van der Waals surface area contributed by atoms with Gasteiger partial charge in [0.15, 0.2) is 0 Å². The first kappa shape index (κ1) is 20.7. The van der Waals surface area contributed by atoms with E-state index in [1.807, 2.05) is 4.72 Å². The minimum Gasteiger partial charge on any atom is -0.468 e. The lowest BCUT2D eigenvalue weighted by molar-refractivity contribution is -0.143. The lowest BCUT2D eigenvalue weighted by Gasteiger charge is -2.23. The van der Waals surface area contributed by atoms with Crippen LogP contribution in [0.2, 0.25) is 5.02 Å². The summed E-state index contributed by atoms with van der Waals surface area (Å²) in [5.41, 5.74) is -1.41. The molecule has 0 aliphatic rings. The number of carbonyl (C=O) groups is 1. The molecule has 0 fully saturated rings. The largest absolute Gasteiger partial charge is 0.468 e. The van der Waals surface area contributed by atoms with Gasteiger partial charge in [-0.3, -0.25) is 4.79 Å². The number of hydrogen-bond acceptors (Lipinski definition) is 4. The zero-order chi connectivity index (χ0) is 18.7. The Bertz CT molecular complexity index is 706. The molecule has 0 radical (unpaired) electrons. The summed E-state index contributed by atoms with van der Waals surface area (Å²) in [5.74, 6) is -1.36. The van der Waals surface area contributed by atoms with Crippen LogP contribution >= 0.6 is 11.6 Å². The van der Waals surface area contributed by atoms with E-state index < -0.39 is 44.6 Å². The molecule has 0 amide bonds. The number of benzene rings is 1. The SMILES string of the molecule is CC[C@@H](C)[C@@H](NS(=O)(=O)c1ccc(Cl)cc1C(F)(F)F)C(=O)OC. The van der Waals surface area contributed by atoms with Crippen molar-refractivity contribution < 1.29 is 31.1 Å². The molecular weight excluding hydrogens is 371 g/mol. The lowest BCUT2D eigenvalue weighted by Crippen LogP contribution is -2.45. The highest BCUT2D eigenvalue weighted by Crippen LogP contribution is 2.36. The van der Waals surface area contributed by atoms with Gasteiger partial charge in [-0.15, -0.1) is 0 Å². The molecule has 0 bridgehead atoms. The second kappa shape index (κ2) is 7.71. The molecule has 0 saturated heterocycles. The highest BCUT2D eigenvalue weighted by Gasteiger charge is 2.39. The number of rotatable bonds is 6. The van der Waals surface area contributed by atoms with Gasteiger partial charge in [-0.05, 0) is 24.1 Å². The first-order valence-electron chi connectivity index (χ1n) is 6.91. The van der Waals surface area contributed by atoms with E-state index in [4.69, 9.17) is 11.6 Å². The van der Waals surface area contributed by atoms with E-state index in [2.05, 4.69) is 4.74 Å². The Hall–Kier alpha value is -1.32. The fourth-order valence-electron chi connectivity index (χ4n) is 1.95. The lowest BCUT2D eigenvalue weighted by atomic mass is 10.0.